The van der Waals surface area contributed by atoms with Crippen molar-refractivity contribution in [3.8, 4) is 5.75 Å². The summed E-state index contributed by atoms with van der Waals surface area (Å²) in [7, 11) is 1.56. The van der Waals surface area contributed by atoms with Gasteiger partial charge in [0.2, 0.25) is 5.91 Å². The molecular weight excluding hydrogens is 575 g/mol. The third kappa shape index (κ3) is 7.97. The van der Waals surface area contributed by atoms with Gasteiger partial charge in [-0.2, -0.15) is 0 Å². The minimum atomic E-state index is -0.776. The molecule has 3 rings (SSSR count). The van der Waals surface area contributed by atoms with Crippen LogP contribution in [0.15, 0.2) is 71.2 Å². The van der Waals surface area contributed by atoms with E-state index < -0.39 is 6.04 Å². The summed E-state index contributed by atoms with van der Waals surface area (Å²) in [6, 6.07) is 19.7. The summed E-state index contributed by atoms with van der Waals surface area (Å²) in [4.78, 5) is 28.2. The highest BCUT2D eigenvalue weighted by Crippen LogP contribution is 2.32. The highest BCUT2D eigenvalue weighted by molar-refractivity contribution is 9.10. The second kappa shape index (κ2) is 12.8. The van der Waals surface area contributed by atoms with E-state index in [1.54, 1.807) is 25.2 Å². The Kier molecular flexibility index (Phi) is 10.0. The largest absolute Gasteiger partial charge is 0.483 e. The fourth-order valence-electron chi connectivity index (χ4n) is 3.86. The molecule has 0 aromatic heterocycles. The molecule has 3 aromatic carbocycles. The van der Waals surface area contributed by atoms with E-state index in [-0.39, 0.29) is 30.4 Å². The first-order valence-corrected chi connectivity index (χ1v) is 13.5. The van der Waals surface area contributed by atoms with Crippen LogP contribution in [0.5, 0.6) is 5.75 Å². The van der Waals surface area contributed by atoms with Gasteiger partial charge in [-0.25, -0.2) is 0 Å². The molecule has 0 radical (unpaired) electrons. The predicted molar refractivity (Wildman–Crippen MR) is 153 cm³/mol. The van der Waals surface area contributed by atoms with Crippen molar-refractivity contribution < 1.29 is 14.3 Å². The number of halogens is 3. The molecule has 0 unspecified atom stereocenters. The molecule has 5 nitrogen and oxygen atoms in total. The first-order chi connectivity index (χ1) is 17.5. The van der Waals surface area contributed by atoms with E-state index in [1.807, 2.05) is 48.5 Å². The zero-order chi connectivity index (χ0) is 27.2. The summed E-state index contributed by atoms with van der Waals surface area (Å²) in [5.74, 6) is -0.0780. The topological polar surface area (TPSA) is 58.6 Å². The number of amides is 2. The molecule has 0 saturated heterocycles. The molecule has 8 heteroatoms. The molecule has 0 spiro atoms. The van der Waals surface area contributed by atoms with E-state index in [9.17, 15) is 9.59 Å². The molecule has 196 valence electrons. The van der Waals surface area contributed by atoms with Crippen molar-refractivity contribution in [2.75, 3.05) is 13.7 Å². The minimum absolute atomic E-state index is 0.0241. The normalized spacial score (nSPS) is 12.1. The van der Waals surface area contributed by atoms with Gasteiger partial charge in [0.05, 0.1) is 4.47 Å². The van der Waals surface area contributed by atoms with Gasteiger partial charge in [-0.1, -0.05) is 86.4 Å². The number of hydrogen-bond acceptors (Lipinski definition) is 3. The van der Waals surface area contributed by atoms with E-state index in [0.717, 1.165) is 15.6 Å². The van der Waals surface area contributed by atoms with E-state index in [0.29, 0.717) is 27.8 Å². The second-order valence-electron chi connectivity index (χ2n) is 9.76. The molecule has 1 N–H and O–H groups in total. The molecule has 0 fully saturated rings. The Bertz CT molecular complexity index is 1250. The maximum absolute atomic E-state index is 13.6. The maximum atomic E-state index is 13.6. The third-order valence-electron chi connectivity index (χ3n) is 6.02. The van der Waals surface area contributed by atoms with Crippen molar-refractivity contribution in [3.05, 3.63) is 97.9 Å². The van der Waals surface area contributed by atoms with Crippen molar-refractivity contribution >= 4 is 50.9 Å². The number of nitrogens with one attached hydrogen (secondary N) is 1. The lowest BCUT2D eigenvalue weighted by Gasteiger charge is -2.31. The van der Waals surface area contributed by atoms with Crippen LogP contribution < -0.4 is 10.1 Å². The monoisotopic (exact) mass is 604 g/mol. The number of hydrogen-bond donors (Lipinski definition) is 1. The van der Waals surface area contributed by atoms with Crippen LogP contribution in [0.25, 0.3) is 0 Å². The highest BCUT2D eigenvalue weighted by atomic mass is 79.9. The fourth-order valence-corrected chi connectivity index (χ4v) is 4.82. The van der Waals surface area contributed by atoms with E-state index in [4.69, 9.17) is 27.9 Å². The Morgan fingerprint density at radius 3 is 2.32 bits per heavy atom. The van der Waals surface area contributed by atoms with Crippen LogP contribution in [-0.4, -0.2) is 36.4 Å². The predicted octanol–water partition coefficient (Wildman–Crippen LogP) is 6.82. The van der Waals surface area contributed by atoms with Crippen molar-refractivity contribution in [2.45, 2.75) is 45.2 Å². The highest BCUT2D eigenvalue weighted by Gasteiger charge is 2.30. The fraction of sp³-hybridized carbons (Fsp3) is 0.310. The first-order valence-electron chi connectivity index (χ1n) is 11.9. The average molecular weight is 606 g/mol. The van der Waals surface area contributed by atoms with E-state index in [1.165, 1.54) is 4.90 Å². The molecule has 37 heavy (non-hydrogen) atoms. The Balaban J connectivity index is 1.90. The molecule has 0 aliphatic heterocycles. The number of likely N-dealkylation sites (N-methyl/N-ethyl adjacent to an activating group) is 1. The van der Waals surface area contributed by atoms with Gasteiger partial charge in [0.15, 0.2) is 6.61 Å². The van der Waals surface area contributed by atoms with E-state index >= 15 is 0 Å². The van der Waals surface area contributed by atoms with Crippen LogP contribution in [0.4, 0.5) is 0 Å². The number of carbonyl (C=O) groups excluding carboxylic acids is 2. The van der Waals surface area contributed by atoms with Crippen LogP contribution in [0.3, 0.4) is 0 Å². The lowest BCUT2D eigenvalue weighted by Crippen LogP contribution is -2.51. The molecule has 3 aromatic rings. The number of carbonyl (C=O) groups is 2. The van der Waals surface area contributed by atoms with Gasteiger partial charge in [-0.05, 0) is 62.3 Å². The quantitative estimate of drug-likeness (QED) is 0.291. The van der Waals surface area contributed by atoms with Gasteiger partial charge in [0, 0.05) is 30.1 Å². The number of ether oxygens (including phenoxy) is 1. The molecule has 0 aliphatic carbocycles. The SMILES string of the molecule is CNC(=O)[C@H](Cc1ccccc1)N(Cc1ccc(Cl)cc1Cl)C(=O)COc1ccc(C(C)(C)C)cc1Br. The van der Waals surface area contributed by atoms with Gasteiger partial charge >= 0.3 is 0 Å². The lowest BCUT2D eigenvalue weighted by atomic mass is 9.87. The summed E-state index contributed by atoms with van der Waals surface area (Å²) >= 11 is 16.1. The Morgan fingerprint density at radius 2 is 1.73 bits per heavy atom. The molecule has 2 amide bonds. The summed E-state index contributed by atoms with van der Waals surface area (Å²) in [6.07, 6.45) is 0.335. The van der Waals surface area contributed by atoms with Gasteiger partial charge < -0.3 is 15.0 Å². The zero-order valence-electron chi connectivity index (χ0n) is 21.4. The van der Waals surface area contributed by atoms with Crippen LogP contribution in [0, 0.1) is 0 Å². The average Bonchev–Trinajstić information content (AvgIpc) is 2.86. The Morgan fingerprint density at radius 1 is 1.03 bits per heavy atom. The van der Waals surface area contributed by atoms with Crippen molar-refractivity contribution in [1.29, 1.82) is 0 Å². The van der Waals surface area contributed by atoms with Gasteiger partial charge in [-0.3, -0.25) is 9.59 Å². The van der Waals surface area contributed by atoms with E-state index in [2.05, 4.69) is 42.0 Å². The Hall–Kier alpha value is -2.54. The van der Waals surface area contributed by atoms with Crippen LogP contribution in [-0.2, 0) is 28.0 Å². The smallest absolute Gasteiger partial charge is 0.261 e. The van der Waals surface area contributed by atoms with Crippen LogP contribution >= 0.6 is 39.1 Å². The number of nitrogens with zero attached hydrogens (tertiary/aromatic N) is 1. The molecule has 0 aliphatic rings. The molecule has 0 heterocycles. The summed E-state index contributed by atoms with van der Waals surface area (Å²) in [6.45, 7) is 6.26. The van der Waals surface area contributed by atoms with Gasteiger partial charge in [0.25, 0.3) is 5.91 Å². The van der Waals surface area contributed by atoms with Gasteiger partial charge in [-0.15, -0.1) is 0 Å². The van der Waals surface area contributed by atoms with Crippen molar-refractivity contribution in [1.82, 2.24) is 10.2 Å². The van der Waals surface area contributed by atoms with Crippen LogP contribution in [0.1, 0.15) is 37.5 Å². The zero-order valence-corrected chi connectivity index (χ0v) is 24.5. The summed E-state index contributed by atoms with van der Waals surface area (Å²) in [5.41, 5.74) is 2.72. The molecular formula is C29H31BrCl2N2O3. The molecule has 1 atom stereocenters. The summed E-state index contributed by atoms with van der Waals surface area (Å²) in [5, 5.41) is 3.61. The lowest BCUT2D eigenvalue weighted by molar-refractivity contribution is -0.142. The van der Waals surface area contributed by atoms with Crippen LogP contribution in [0.2, 0.25) is 10.0 Å². The van der Waals surface area contributed by atoms with Gasteiger partial charge in [0.1, 0.15) is 11.8 Å². The molecule has 0 bridgehead atoms. The minimum Gasteiger partial charge on any atom is -0.483 e. The second-order valence-corrected chi connectivity index (χ2v) is 11.5. The third-order valence-corrected chi connectivity index (χ3v) is 7.23. The standard InChI is InChI=1S/C29H31BrCl2N2O3/c1-29(2,3)21-11-13-26(23(30)15-21)37-18-27(35)34(17-20-10-12-22(31)16-24(20)32)25(28(36)33-4)14-19-8-6-5-7-9-19/h5-13,15-16,25H,14,17-18H2,1-4H3,(H,33,36)/t25-/m0/s1. The van der Waals surface area contributed by atoms with Crippen molar-refractivity contribution in [3.63, 3.8) is 0 Å². The molecule has 0 saturated carbocycles. The number of benzene rings is 3. The first kappa shape index (κ1) is 29.0. The maximum Gasteiger partial charge on any atom is 0.261 e. The number of rotatable bonds is 9. The summed E-state index contributed by atoms with van der Waals surface area (Å²) < 4.78 is 6.68. The Labute approximate surface area is 237 Å². The van der Waals surface area contributed by atoms with Crippen molar-refractivity contribution in [2.24, 2.45) is 0 Å².